The Hall–Kier alpha value is -2.44. The van der Waals surface area contributed by atoms with Crippen LogP contribution in [0.1, 0.15) is 35.7 Å². The second-order valence-corrected chi connectivity index (χ2v) is 3.51. The number of carbonyl (C=O) groups excluding carboxylic acids is 1. The number of azide groups is 1. The zero-order chi connectivity index (χ0) is 13.4. The van der Waals surface area contributed by atoms with Gasteiger partial charge < -0.3 is 5.11 Å². The number of ketones is 1. The summed E-state index contributed by atoms with van der Waals surface area (Å²) in [5.41, 5.74) is 9.03. The number of Topliss-reactive ketones (excluding diaryl/α,β-unsaturated/α-hetero) is 1. The lowest BCUT2D eigenvalue weighted by Crippen LogP contribution is -1.97. The lowest BCUT2D eigenvalue weighted by molar-refractivity contribution is 0.0985. The van der Waals surface area contributed by atoms with Crippen molar-refractivity contribution in [3.63, 3.8) is 0 Å². The van der Waals surface area contributed by atoms with Crippen LogP contribution in [0.4, 0.5) is 0 Å². The topological polar surface area (TPSA) is 86.1 Å². The third-order valence-corrected chi connectivity index (χ3v) is 2.25. The Morgan fingerprint density at radius 1 is 1.56 bits per heavy atom. The maximum Gasteiger partial charge on any atom is 0.166 e. The molecule has 0 aliphatic carbocycles. The molecular formula is C13H13N3O2. The highest BCUT2D eigenvalue weighted by Gasteiger charge is 2.08. The van der Waals surface area contributed by atoms with E-state index in [1.165, 1.54) is 6.07 Å². The van der Waals surface area contributed by atoms with Crippen molar-refractivity contribution in [1.29, 1.82) is 0 Å². The molecule has 0 saturated carbocycles. The maximum absolute atomic E-state index is 11.5. The molecule has 0 unspecified atom stereocenters. The molecule has 0 fully saturated rings. The van der Waals surface area contributed by atoms with Crippen molar-refractivity contribution in [2.45, 2.75) is 19.8 Å². The summed E-state index contributed by atoms with van der Waals surface area (Å²) in [7, 11) is 0. The third kappa shape index (κ3) is 3.85. The SMILES string of the molecule is CCC(=O)c1cc(C#CCCN=[N+]=[N-])ccc1O. The van der Waals surface area contributed by atoms with Gasteiger partial charge in [-0.15, -0.1) is 0 Å². The van der Waals surface area contributed by atoms with Crippen molar-refractivity contribution in [2.24, 2.45) is 5.11 Å². The summed E-state index contributed by atoms with van der Waals surface area (Å²) >= 11 is 0. The minimum atomic E-state index is -0.120. The fourth-order valence-electron chi connectivity index (χ4n) is 1.34. The number of hydrogen-bond donors (Lipinski definition) is 1. The number of benzene rings is 1. The minimum Gasteiger partial charge on any atom is -0.507 e. The Bertz CT molecular complexity index is 549. The molecule has 0 radical (unpaired) electrons. The molecule has 0 amide bonds. The zero-order valence-corrected chi connectivity index (χ0v) is 10.1. The summed E-state index contributed by atoms with van der Waals surface area (Å²) < 4.78 is 0. The van der Waals surface area contributed by atoms with Crippen molar-refractivity contribution < 1.29 is 9.90 Å². The Kier molecular flexibility index (Phi) is 5.30. The first-order valence-corrected chi connectivity index (χ1v) is 5.55. The van der Waals surface area contributed by atoms with Gasteiger partial charge in [-0.3, -0.25) is 4.79 Å². The van der Waals surface area contributed by atoms with E-state index in [2.05, 4.69) is 21.9 Å². The van der Waals surface area contributed by atoms with Crippen LogP contribution in [0.15, 0.2) is 23.3 Å². The van der Waals surface area contributed by atoms with Crippen LogP contribution in [-0.4, -0.2) is 17.4 Å². The second kappa shape index (κ2) is 7.00. The number of phenolic OH excluding ortho intramolecular Hbond substituents is 1. The van der Waals surface area contributed by atoms with Gasteiger partial charge in [0.2, 0.25) is 0 Å². The molecule has 1 aromatic carbocycles. The number of carbonyl (C=O) groups is 1. The van der Waals surface area contributed by atoms with E-state index in [9.17, 15) is 9.90 Å². The smallest absolute Gasteiger partial charge is 0.166 e. The highest BCUT2D eigenvalue weighted by atomic mass is 16.3. The highest BCUT2D eigenvalue weighted by molar-refractivity contribution is 5.98. The molecule has 18 heavy (non-hydrogen) atoms. The van der Waals surface area contributed by atoms with Gasteiger partial charge in [0.1, 0.15) is 5.75 Å². The Balaban J connectivity index is 2.84. The lowest BCUT2D eigenvalue weighted by atomic mass is 10.0. The van der Waals surface area contributed by atoms with E-state index >= 15 is 0 Å². The Labute approximate surface area is 105 Å². The van der Waals surface area contributed by atoms with E-state index in [1.807, 2.05) is 0 Å². The third-order valence-electron chi connectivity index (χ3n) is 2.25. The average molecular weight is 243 g/mol. The van der Waals surface area contributed by atoms with Crippen LogP contribution in [0.5, 0.6) is 5.75 Å². The van der Waals surface area contributed by atoms with Crippen LogP contribution in [-0.2, 0) is 0 Å². The summed E-state index contributed by atoms with van der Waals surface area (Å²) in [4.78, 5) is 14.2. The standard InChI is InChI=1S/C13H13N3O2/c1-2-12(17)11-9-10(6-7-13(11)18)5-3-4-8-15-16-14/h6-7,9,18H,2,4,8H2,1H3. The Morgan fingerprint density at radius 2 is 2.33 bits per heavy atom. The van der Waals surface area contributed by atoms with Gasteiger partial charge in [-0.25, -0.2) is 0 Å². The first-order valence-electron chi connectivity index (χ1n) is 5.55. The van der Waals surface area contributed by atoms with Gasteiger partial charge in [-0.2, -0.15) is 0 Å². The van der Waals surface area contributed by atoms with Crippen molar-refractivity contribution in [3.05, 3.63) is 39.8 Å². The van der Waals surface area contributed by atoms with Crippen LogP contribution in [0.3, 0.4) is 0 Å². The number of nitrogens with zero attached hydrogens (tertiary/aromatic N) is 3. The monoisotopic (exact) mass is 243 g/mol. The Morgan fingerprint density at radius 3 is 3.00 bits per heavy atom. The first kappa shape index (κ1) is 13.6. The number of hydrogen-bond acceptors (Lipinski definition) is 3. The quantitative estimate of drug-likeness (QED) is 0.220. The maximum atomic E-state index is 11.5. The molecule has 92 valence electrons. The second-order valence-electron chi connectivity index (χ2n) is 3.51. The van der Waals surface area contributed by atoms with E-state index in [1.54, 1.807) is 19.1 Å². The molecule has 0 heterocycles. The lowest BCUT2D eigenvalue weighted by Gasteiger charge is -2.02. The van der Waals surface area contributed by atoms with Crippen LogP contribution < -0.4 is 0 Å². The predicted octanol–water partition coefficient (Wildman–Crippen LogP) is 3.04. The van der Waals surface area contributed by atoms with Gasteiger partial charge in [0.25, 0.3) is 0 Å². The molecule has 1 N–H and O–H groups in total. The summed E-state index contributed by atoms with van der Waals surface area (Å²) in [5, 5.41) is 12.9. The highest BCUT2D eigenvalue weighted by Crippen LogP contribution is 2.19. The average Bonchev–Trinajstić information content (AvgIpc) is 2.39. The summed E-state index contributed by atoms with van der Waals surface area (Å²) in [5.74, 6) is 5.54. The van der Waals surface area contributed by atoms with Crippen molar-refractivity contribution in [3.8, 4) is 17.6 Å². The van der Waals surface area contributed by atoms with E-state index in [4.69, 9.17) is 5.53 Å². The molecule has 0 aliphatic heterocycles. The molecule has 0 bridgehead atoms. The van der Waals surface area contributed by atoms with Crippen molar-refractivity contribution in [2.75, 3.05) is 6.54 Å². The molecule has 1 aromatic rings. The molecule has 0 aliphatic rings. The van der Waals surface area contributed by atoms with Gasteiger partial charge >= 0.3 is 0 Å². The van der Waals surface area contributed by atoms with E-state index in [0.29, 0.717) is 30.5 Å². The number of phenols is 1. The van der Waals surface area contributed by atoms with Crippen LogP contribution in [0.2, 0.25) is 0 Å². The zero-order valence-electron chi connectivity index (χ0n) is 10.1. The van der Waals surface area contributed by atoms with Crippen LogP contribution in [0, 0.1) is 11.8 Å². The molecule has 5 nitrogen and oxygen atoms in total. The van der Waals surface area contributed by atoms with E-state index in [0.717, 1.165) is 0 Å². The summed E-state index contributed by atoms with van der Waals surface area (Å²) in [6, 6.07) is 4.67. The molecule has 0 atom stereocenters. The van der Waals surface area contributed by atoms with Crippen molar-refractivity contribution >= 4 is 5.78 Å². The number of aromatic hydroxyl groups is 1. The fourth-order valence-corrected chi connectivity index (χ4v) is 1.34. The molecule has 0 saturated heterocycles. The molecule has 5 heteroatoms. The predicted molar refractivity (Wildman–Crippen MR) is 68.2 cm³/mol. The minimum absolute atomic E-state index is 0.0264. The molecular weight excluding hydrogens is 230 g/mol. The van der Waals surface area contributed by atoms with Crippen LogP contribution in [0.25, 0.3) is 10.4 Å². The van der Waals surface area contributed by atoms with E-state index < -0.39 is 0 Å². The molecule has 1 rings (SSSR count). The molecule has 0 spiro atoms. The summed E-state index contributed by atoms with van der Waals surface area (Å²) in [6.07, 6.45) is 0.795. The molecule has 0 aromatic heterocycles. The van der Waals surface area contributed by atoms with E-state index in [-0.39, 0.29) is 11.5 Å². The number of rotatable bonds is 4. The van der Waals surface area contributed by atoms with Gasteiger partial charge in [0, 0.05) is 29.9 Å². The van der Waals surface area contributed by atoms with Crippen molar-refractivity contribution in [1.82, 2.24) is 0 Å². The largest absolute Gasteiger partial charge is 0.507 e. The van der Waals surface area contributed by atoms with Gasteiger partial charge in [-0.05, 0) is 23.7 Å². The van der Waals surface area contributed by atoms with Gasteiger partial charge in [-0.1, -0.05) is 23.9 Å². The fraction of sp³-hybridized carbons (Fsp3) is 0.308. The van der Waals surface area contributed by atoms with Gasteiger partial charge in [0.05, 0.1) is 5.56 Å². The summed E-state index contributed by atoms with van der Waals surface area (Å²) in [6.45, 7) is 2.06. The normalized spacial score (nSPS) is 8.94. The van der Waals surface area contributed by atoms with Crippen LogP contribution >= 0.6 is 0 Å². The first-order chi connectivity index (χ1) is 8.69. The van der Waals surface area contributed by atoms with Gasteiger partial charge in [0.15, 0.2) is 5.78 Å².